The quantitative estimate of drug-likeness (QED) is 0.732. The van der Waals surface area contributed by atoms with Crippen LogP contribution in [0.1, 0.15) is 21.5 Å². The van der Waals surface area contributed by atoms with Crippen LogP contribution in [0.2, 0.25) is 10.0 Å². The Kier molecular flexibility index (Phi) is 3.69. The second-order valence-electron chi connectivity index (χ2n) is 3.87. The number of hydrogen-bond acceptors (Lipinski definition) is 1. The van der Waals surface area contributed by atoms with Gasteiger partial charge in [-0.1, -0.05) is 35.3 Å². The number of halogens is 3. The van der Waals surface area contributed by atoms with Crippen molar-refractivity contribution in [2.75, 3.05) is 0 Å². The van der Waals surface area contributed by atoms with Gasteiger partial charge in [0.15, 0.2) is 5.78 Å². The standard InChI is InChI=1S/C14H9Cl2FO/c1-8-10(3-2-4-12(8)16)14(18)11-7-9(15)5-6-13(11)17/h2-7H,1H3. The Balaban J connectivity index is 2.55. The molecule has 0 aromatic heterocycles. The van der Waals surface area contributed by atoms with E-state index in [1.54, 1.807) is 25.1 Å². The fraction of sp³-hybridized carbons (Fsp3) is 0.0714. The molecule has 2 aromatic rings. The van der Waals surface area contributed by atoms with Crippen molar-refractivity contribution in [2.24, 2.45) is 0 Å². The van der Waals surface area contributed by atoms with Crippen molar-refractivity contribution in [3.05, 3.63) is 69.0 Å². The summed E-state index contributed by atoms with van der Waals surface area (Å²) < 4.78 is 13.6. The summed E-state index contributed by atoms with van der Waals surface area (Å²) >= 11 is 11.7. The molecule has 0 radical (unpaired) electrons. The zero-order valence-electron chi connectivity index (χ0n) is 9.51. The molecule has 0 spiro atoms. The maximum Gasteiger partial charge on any atom is 0.196 e. The highest BCUT2D eigenvalue weighted by molar-refractivity contribution is 6.32. The second kappa shape index (κ2) is 5.09. The Labute approximate surface area is 114 Å². The SMILES string of the molecule is Cc1c(Cl)cccc1C(=O)c1cc(Cl)ccc1F. The van der Waals surface area contributed by atoms with Gasteiger partial charge in [-0.2, -0.15) is 0 Å². The van der Waals surface area contributed by atoms with E-state index in [0.717, 1.165) is 0 Å². The molecule has 0 aliphatic carbocycles. The van der Waals surface area contributed by atoms with Crippen LogP contribution in [0.3, 0.4) is 0 Å². The minimum atomic E-state index is -0.594. The number of ketones is 1. The normalized spacial score (nSPS) is 10.4. The van der Waals surface area contributed by atoms with E-state index in [2.05, 4.69) is 0 Å². The van der Waals surface area contributed by atoms with Crippen LogP contribution in [0.25, 0.3) is 0 Å². The average Bonchev–Trinajstić information content (AvgIpc) is 2.35. The fourth-order valence-corrected chi connectivity index (χ4v) is 2.02. The van der Waals surface area contributed by atoms with Crippen molar-refractivity contribution in [1.82, 2.24) is 0 Å². The first-order chi connectivity index (χ1) is 8.50. The number of carbonyl (C=O) groups excluding carboxylic acids is 1. The highest BCUT2D eigenvalue weighted by atomic mass is 35.5. The van der Waals surface area contributed by atoms with Crippen molar-refractivity contribution in [3.8, 4) is 0 Å². The monoisotopic (exact) mass is 282 g/mol. The maximum absolute atomic E-state index is 13.6. The zero-order valence-corrected chi connectivity index (χ0v) is 11.0. The third-order valence-corrected chi connectivity index (χ3v) is 3.33. The molecule has 0 unspecified atom stereocenters. The highest BCUT2D eigenvalue weighted by Crippen LogP contribution is 2.24. The summed E-state index contributed by atoms with van der Waals surface area (Å²) in [6.07, 6.45) is 0. The fourth-order valence-electron chi connectivity index (χ4n) is 1.67. The molecule has 0 heterocycles. The van der Waals surface area contributed by atoms with E-state index in [9.17, 15) is 9.18 Å². The largest absolute Gasteiger partial charge is 0.288 e. The zero-order chi connectivity index (χ0) is 13.3. The van der Waals surface area contributed by atoms with Gasteiger partial charge in [-0.15, -0.1) is 0 Å². The van der Waals surface area contributed by atoms with Gasteiger partial charge in [0.25, 0.3) is 0 Å². The lowest BCUT2D eigenvalue weighted by Gasteiger charge is -2.07. The average molecular weight is 283 g/mol. The Hall–Kier alpha value is -1.38. The molecule has 18 heavy (non-hydrogen) atoms. The molecule has 2 rings (SSSR count). The molecule has 1 nitrogen and oxygen atoms in total. The van der Waals surface area contributed by atoms with E-state index in [1.807, 2.05) is 0 Å². The lowest BCUT2D eigenvalue weighted by atomic mass is 9.99. The van der Waals surface area contributed by atoms with E-state index in [0.29, 0.717) is 21.2 Å². The summed E-state index contributed by atoms with van der Waals surface area (Å²) in [7, 11) is 0. The molecule has 0 aliphatic rings. The van der Waals surface area contributed by atoms with Gasteiger partial charge in [0.1, 0.15) is 5.82 Å². The second-order valence-corrected chi connectivity index (χ2v) is 4.71. The van der Waals surface area contributed by atoms with Gasteiger partial charge in [0.2, 0.25) is 0 Å². The molecule has 0 saturated heterocycles. The van der Waals surface area contributed by atoms with Crippen LogP contribution in [0.4, 0.5) is 4.39 Å². The molecule has 0 amide bonds. The molecule has 2 aromatic carbocycles. The molecule has 0 saturated carbocycles. The molecule has 92 valence electrons. The minimum Gasteiger partial charge on any atom is -0.288 e. The Morgan fingerprint density at radius 1 is 1.11 bits per heavy atom. The van der Waals surface area contributed by atoms with Crippen LogP contribution in [0, 0.1) is 12.7 Å². The Morgan fingerprint density at radius 3 is 2.56 bits per heavy atom. The summed E-state index contributed by atoms with van der Waals surface area (Å²) in [5, 5.41) is 0.794. The molecule has 0 bridgehead atoms. The third-order valence-electron chi connectivity index (χ3n) is 2.69. The van der Waals surface area contributed by atoms with E-state index < -0.39 is 11.6 Å². The van der Waals surface area contributed by atoms with E-state index in [4.69, 9.17) is 23.2 Å². The van der Waals surface area contributed by atoms with Crippen LogP contribution in [-0.4, -0.2) is 5.78 Å². The Bertz CT molecular complexity index is 619. The van der Waals surface area contributed by atoms with Crippen molar-refractivity contribution in [1.29, 1.82) is 0 Å². The number of carbonyl (C=O) groups is 1. The Morgan fingerprint density at radius 2 is 1.83 bits per heavy atom. The summed E-state index contributed by atoms with van der Waals surface area (Å²) in [6.45, 7) is 1.72. The summed E-state index contributed by atoms with van der Waals surface area (Å²) in [5.74, 6) is -1.02. The first-order valence-corrected chi connectivity index (χ1v) is 6.01. The van der Waals surface area contributed by atoms with Crippen LogP contribution >= 0.6 is 23.2 Å². The molecule has 0 N–H and O–H groups in total. The van der Waals surface area contributed by atoms with Gasteiger partial charge < -0.3 is 0 Å². The number of benzene rings is 2. The van der Waals surface area contributed by atoms with Crippen LogP contribution < -0.4 is 0 Å². The summed E-state index contributed by atoms with van der Waals surface area (Å²) in [4.78, 5) is 12.2. The van der Waals surface area contributed by atoms with Gasteiger partial charge in [0, 0.05) is 15.6 Å². The van der Waals surface area contributed by atoms with E-state index in [1.165, 1.54) is 18.2 Å². The van der Waals surface area contributed by atoms with Crippen molar-refractivity contribution >= 4 is 29.0 Å². The van der Waals surface area contributed by atoms with Crippen molar-refractivity contribution in [2.45, 2.75) is 6.92 Å². The minimum absolute atomic E-state index is 0.0483. The highest BCUT2D eigenvalue weighted by Gasteiger charge is 2.17. The smallest absolute Gasteiger partial charge is 0.196 e. The van der Waals surface area contributed by atoms with Gasteiger partial charge in [-0.25, -0.2) is 4.39 Å². The summed E-state index contributed by atoms with van der Waals surface area (Å²) in [5.41, 5.74) is 0.958. The first kappa shape index (κ1) is 13.1. The van der Waals surface area contributed by atoms with Gasteiger partial charge in [-0.3, -0.25) is 4.79 Å². The predicted octanol–water partition coefficient (Wildman–Crippen LogP) is 4.67. The molecule has 0 atom stereocenters. The topological polar surface area (TPSA) is 17.1 Å². The van der Waals surface area contributed by atoms with Crippen molar-refractivity contribution < 1.29 is 9.18 Å². The van der Waals surface area contributed by atoms with Crippen LogP contribution in [0.5, 0.6) is 0 Å². The maximum atomic E-state index is 13.6. The van der Waals surface area contributed by atoms with Gasteiger partial charge >= 0.3 is 0 Å². The van der Waals surface area contributed by atoms with Gasteiger partial charge in [0.05, 0.1) is 5.56 Å². The molecule has 0 aliphatic heterocycles. The number of hydrogen-bond donors (Lipinski definition) is 0. The molecule has 0 fully saturated rings. The third kappa shape index (κ3) is 2.40. The van der Waals surface area contributed by atoms with E-state index >= 15 is 0 Å². The summed E-state index contributed by atoms with van der Waals surface area (Å²) in [6, 6.07) is 8.85. The first-order valence-electron chi connectivity index (χ1n) is 5.25. The molecular weight excluding hydrogens is 274 g/mol. The lowest BCUT2D eigenvalue weighted by Crippen LogP contribution is -2.06. The molecular formula is C14H9Cl2FO. The molecule has 4 heteroatoms. The van der Waals surface area contributed by atoms with Crippen LogP contribution in [0.15, 0.2) is 36.4 Å². The van der Waals surface area contributed by atoms with E-state index in [-0.39, 0.29) is 5.56 Å². The number of rotatable bonds is 2. The lowest BCUT2D eigenvalue weighted by molar-refractivity contribution is 0.103. The van der Waals surface area contributed by atoms with Gasteiger partial charge in [-0.05, 0) is 36.8 Å². The van der Waals surface area contributed by atoms with Crippen LogP contribution in [-0.2, 0) is 0 Å². The van der Waals surface area contributed by atoms with Crippen molar-refractivity contribution in [3.63, 3.8) is 0 Å². The predicted molar refractivity (Wildman–Crippen MR) is 71.0 cm³/mol.